The molecule has 0 aliphatic carbocycles. The molecule has 1 unspecified atom stereocenters. The van der Waals surface area contributed by atoms with Crippen molar-refractivity contribution in [1.29, 1.82) is 0 Å². The third kappa shape index (κ3) is 6.47. The van der Waals surface area contributed by atoms with E-state index in [-0.39, 0.29) is 5.69 Å². The van der Waals surface area contributed by atoms with E-state index in [0.717, 1.165) is 0 Å². The van der Waals surface area contributed by atoms with Crippen LogP contribution in [-0.2, 0) is 4.57 Å². The molecule has 6 nitrogen and oxygen atoms in total. The minimum absolute atomic E-state index is 0.0363. The van der Waals surface area contributed by atoms with Crippen LogP contribution in [0.4, 0.5) is 10.8 Å². The van der Waals surface area contributed by atoms with E-state index in [1.165, 1.54) is 35.1 Å². The quantitative estimate of drug-likeness (QED) is 0.137. The predicted octanol–water partition coefficient (Wildman–Crippen LogP) is 8.88. The lowest BCUT2D eigenvalue weighted by molar-refractivity contribution is -0.384. The number of halogens is 2. The SMILES string of the molecule is O=[N+]([O-])c1cccc(-c2csc(NP(=O)(C=C(Cl)c3ccccc3)/C=C(/Cl)c3ccccc3)n2)c1. The van der Waals surface area contributed by atoms with Gasteiger partial charge in [-0.1, -0.05) is 96.0 Å². The smallest absolute Gasteiger partial charge is 0.270 e. The Hall–Kier alpha value is -3.22. The molecular formula is C25H18Cl2N3O3PS. The standard InChI is InChI=1S/C25H18Cl2N3O3PS/c26-22(18-8-3-1-4-9-18)15-34(33,16-23(27)19-10-5-2-6-11-19)29-25-28-24(17-35-25)20-12-7-13-21(14-20)30(31)32/h1-17H,(H,28,29,33)/b22-15+,23-16?. The van der Waals surface area contributed by atoms with Gasteiger partial charge in [0, 0.05) is 34.7 Å². The fraction of sp³-hybridized carbons (Fsp3) is 0. The van der Waals surface area contributed by atoms with Crippen molar-refractivity contribution in [3.05, 3.63) is 123 Å². The van der Waals surface area contributed by atoms with Crippen molar-refractivity contribution >= 4 is 62.7 Å². The zero-order chi connectivity index (χ0) is 24.8. The van der Waals surface area contributed by atoms with Crippen molar-refractivity contribution in [2.45, 2.75) is 0 Å². The van der Waals surface area contributed by atoms with Gasteiger partial charge in [0.25, 0.3) is 5.69 Å². The maximum Gasteiger partial charge on any atom is 0.270 e. The third-order valence-electron chi connectivity index (χ3n) is 4.84. The van der Waals surface area contributed by atoms with Gasteiger partial charge in [-0.05, 0) is 11.1 Å². The monoisotopic (exact) mass is 541 g/mol. The summed E-state index contributed by atoms with van der Waals surface area (Å²) in [5, 5.41) is 16.8. The topological polar surface area (TPSA) is 85.1 Å². The number of non-ortho nitro benzene ring substituents is 1. The molecule has 0 saturated heterocycles. The van der Waals surface area contributed by atoms with Crippen LogP contribution < -0.4 is 5.09 Å². The van der Waals surface area contributed by atoms with Gasteiger partial charge >= 0.3 is 0 Å². The van der Waals surface area contributed by atoms with Crippen LogP contribution in [0, 0.1) is 10.1 Å². The Morgan fingerprint density at radius 2 is 1.49 bits per heavy atom. The highest BCUT2D eigenvalue weighted by Crippen LogP contribution is 2.54. The van der Waals surface area contributed by atoms with E-state index in [1.54, 1.807) is 17.5 Å². The van der Waals surface area contributed by atoms with E-state index in [4.69, 9.17) is 23.2 Å². The first-order valence-corrected chi connectivity index (χ1v) is 13.8. The zero-order valence-corrected chi connectivity index (χ0v) is 21.3. The molecule has 4 aromatic rings. The van der Waals surface area contributed by atoms with Crippen LogP contribution >= 0.6 is 41.8 Å². The number of hydrogen-bond donors (Lipinski definition) is 1. The van der Waals surface area contributed by atoms with Crippen LogP contribution in [0.25, 0.3) is 21.3 Å². The molecular weight excluding hydrogens is 524 g/mol. The molecule has 4 rings (SSSR count). The predicted molar refractivity (Wildman–Crippen MR) is 146 cm³/mol. The molecule has 0 saturated carbocycles. The van der Waals surface area contributed by atoms with Crippen molar-refractivity contribution < 1.29 is 9.49 Å². The van der Waals surface area contributed by atoms with Crippen LogP contribution in [0.3, 0.4) is 0 Å². The number of rotatable bonds is 8. The summed E-state index contributed by atoms with van der Waals surface area (Å²) in [6.45, 7) is 0. The summed E-state index contributed by atoms with van der Waals surface area (Å²) in [5.41, 5.74) is 2.47. The van der Waals surface area contributed by atoms with Crippen LogP contribution in [0.1, 0.15) is 11.1 Å². The van der Waals surface area contributed by atoms with Crippen LogP contribution in [0.2, 0.25) is 0 Å². The molecule has 1 atom stereocenters. The maximum absolute atomic E-state index is 14.1. The molecule has 10 heteroatoms. The number of nitro benzene ring substituents is 1. The second-order valence-electron chi connectivity index (χ2n) is 7.35. The fourth-order valence-electron chi connectivity index (χ4n) is 3.17. The van der Waals surface area contributed by atoms with Gasteiger partial charge in [-0.2, -0.15) is 0 Å². The van der Waals surface area contributed by atoms with Crippen molar-refractivity contribution in [1.82, 2.24) is 4.98 Å². The number of aromatic nitrogens is 1. The first-order valence-electron chi connectivity index (χ1n) is 10.3. The average Bonchev–Trinajstić information content (AvgIpc) is 3.33. The van der Waals surface area contributed by atoms with Gasteiger partial charge < -0.3 is 5.09 Å². The minimum Gasteiger partial charge on any atom is -0.306 e. The Balaban J connectivity index is 1.70. The minimum atomic E-state index is -3.49. The summed E-state index contributed by atoms with van der Waals surface area (Å²) in [7, 11) is -3.49. The third-order valence-corrected chi connectivity index (χ3v) is 8.55. The summed E-state index contributed by atoms with van der Waals surface area (Å²) in [4.78, 5) is 15.1. The van der Waals surface area contributed by atoms with E-state index in [0.29, 0.717) is 37.6 Å². The summed E-state index contributed by atoms with van der Waals surface area (Å²) in [6.07, 6.45) is 0. The van der Waals surface area contributed by atoms with Crippen LogP contribution in [0.5, 0.6) is 0 Å². The first-order chi connectivity index (χ1) is 16.8. The van der Waals surface area contributed by atoms with Crippen LogP contribution in [0.15, 0.2) is 102 Å². The summed E-state index contributed by atoms with van der Waals surface area (Å²) < 4.78 is 14.1. The van der Waals surface area contributed by atoms with E-state index in [9.17, 15) is 14.7 Å². The van der Waals surface area contributed by atoms with E-state index in [1.807, 2.05) is 60.7 Å². The Morgan fingerprint density at radius 1 is 0.914 bits per heavy atom. The van der Waals surface area contributed by atoms with Crippen molar-refractivity contribution in [2.75, 3.05) is 5.09 Å². The van der Waals surface area contributed by atoms with Gasteiger partial charge in [0.05, 0.1) is 20.7 Å². The molecule has 0 spiro atoms. The van der Waals surface area contributed by atoms with E-state index in [2.05, 4.69) is 10.1 Å². The van der Waals surface area contributed by atoms with Gasteiger partial charge in [-0.15, -0.1) is 11.3 Å². The highest BCUT2D eigenvalue weighted by atomic mass is 35.5. The normalized spacial score (nSPS) is 13.8. The molecule has 0 fully saturated rings. The Bertz CT molecular complexity index is 1400. The first kappa shape index (κ1) is 24.9. The van der Waals surface area contributed by atoms with Crippen LogP contribution in [-0.4, -0.2) is 9.91 Å². The number of hydrogen-bond acceptors (Lipinski definition) is 5. The average molecular weight is 542 g/mol. The molecule has 35 heavy (non-hydrogen) atoms. The number of anilines is 1. The largest absolute Gasteiger partial charge is 0.306 e. The maximum atomic E-state index is 14.1. The second kappa shape index (κ2) is 11.0. The van der Waals surface area contributed by atoms with Crippen molar-refractivity contribution in [3.8, 4) is 11.3 Å². The Morgan fingerprint density at radius 3 is 2.03 bits per heavy atom. The van der Waals surface area contributed by atoms with Gasteiger partial charge in [-0.25, -0.2) is 4.98 Å². The summed E-state index contributed by atoms with van der Waals surface area (Å²) >= 11 is 14.3. The lowest BCUT2D eigenvalue weighted by Gasteiger charge is -2.13. The number of benzene rings is 3. The van der Waals surface area contributed by atoms with Gasteiger partial charge in [0.2, 0.25) is 7.29 Å². The molecule has 0 aliphatic heterocycles. The highest BCUT2D eigenvalue weighted by Gasteiger charge is 2.22. The van der Waals surface area contributed by atoms with Crippen molar-refractivity contribution in [2.24, 2.45) is 0 Å². The Kier molecular flexibility index (Phi) is 7.83. The highest BCUT2D eigenvalue weighted by molar-refractivity contribution is 7.72. The summed E-state index contributed by atoms with van der Waals surface area (Å²) in [6, 6.07) is 24.5. The second-order valence-corrected chi connectivity index (χ2v) is 11.2. The number of nitrogens with zero attached hydrogens (tertiary/aromatic N) is 2. The molecule has 1 N–H and O–H groups in total. The molecule has 0 aliphatic rings. The molecule has 176 valence electrons. The zero-order valence-electron chi connectivity index (χ0n) is 18.0. The molecule has 1 heterocycles. The number of nitro groups is 1. The van der Waals surface area contributed by atoms with Crippen molar-refractivity contribution in [3.63, 3.8) is 0 Å². The molecule has 0 radical (unpaired) electrons. The summed E-state index contributed by atoms with van der Waals surface area (Å²) in [5.74, 6) is 2.90. The lowest BCUT2D eigenvalue weighted by Crippen LogP contribution is -1.94. The van der Waals surface area contributed by atoms with Gasteiger partial charge in [0.15, 0.2) is 5.13 Å². The molecule has 0 bridgehead atoms. The van der Waals surface area contributed by atoms with E-state index >= 15 is 0 Å². The molecule has 0 amide bonds. The number of thiazole rings is 1. The lowest BCUT2D eigenvalue weighted by atomic mass is 10.1. The number of nitrogens with one attached hydrogen (secondary N) is 1. The Labute approximate surface area is 216 Å². The molecule has 3 aromatic carbocycles. The molecule has 1 aromatic heterocycles. The van der Waals surface area contributed by atoms with E-state index < -0.39 is 12.2 Å². The van der Waals surface area contributed by atoms with Gasteiger partial charge in [0.1, 0.15) is 0 Å². The van der Waals surface area contributed by atoms with Gasteiger partial charge in [-0.3, -0.25) is 14.7 Å². The fourth-order valence-corrected chi connectivity index (χ4v) is 7.02.